The van der Waals surface area contributed by atoms with E-state index in [2.05, 4.69) is 10.5 Å². The largest absolute Gasteiger partial charge is 0.416 e. The number of alkyl halides is 3. The van der Waals surface area contributed by atoms with Crippen molar-refractivity contribution < 1.29 is 27.6 Å². The zero-order valence-electron chi connectivity index (χ0n) is 16.5. The van der Waals surface area contributed by atoms with Gasteiger partial charge in [-0.05, 0) is 37.3 Å². The number of nitriles is 1. The van der Waals surface area contributed by atoms with Gasteiger partial charge in [0, 0.05) is 17.9 Å². The zero-order valence-corrected chi connectivity index (χ0v) is 16.5. The number of benzene rings is 2. The second-order valence-electron chi connectivity index (χ2n) is 6.36. The molecule has 0 unspecified atom stereocenters. The van der Waals surface area contributed by atoms with E-state index in [0.29, 0.717) is 5.69 Å². The average molecular weight is 432 g/mol. The standard InChI is InChI=1S/C21H19F3N4O3/c1-15-6-8-17(9-7-15)27-19(29)13-26-31-14-20(30)28(11-3-10-25)18-5-2-4-16(12-18)21(22,23)24/h2,4-9,12-13H,3,11,14H2,1H3,(H,27,29). The summed E-state index contributed by atoms with van der Waals surface area (Å²) >= 11 is 0. The second kappa shape index (κ2) is 10.8. The Kier molecular flexibility index (Phi) is 8.14. The molecule has 7 nitrogen and oxygen atoms in total. The zero-order chi connectivity index (χ0) is 22.9. The molecule has 0 atom stereocenters. The first kappa shape index (κ1) is 23.4. The van der Waals surface area contributed by atoms with Crippen molar-refractivity contribution in [3.8, 4) is 6.07 Å². The molecule has 0 saturated carbocycles. The van der Waals surface area contributed by atoms with Crippen molar-refractivity contribution in [2.75, 3.05) is 23.4 Å². The van der Waals surface area contributed by atoms with Gasteiger partial charge in [0.1, 0.15) is 6.21 Å². The van der Waals surface area contributed by atoms with Crippen LogP contribution in [-0.4, -0.2) is 31.2 Å². The van der Waals surface area contributed by atoms with Gasteiger partial charge in [-0.25, -0.2) is 0 Å². The molecule has 0 heterocycles. The van der Waals surface area contributed by atoms with E-state index in [0.717, 1.165) is 28.8 Å². The Morgan fingerprint density at radius 1 is 1.23 bits per heavy atom. The molecule has 0 bridgehead atoms. The second-order valence-corrected chi connectivity index (χ2v) is 6.36. The summed E-state index contributed by atoms with van der Waals surface area (Å²) in [6.45, 7) is 1.14. The fourth-order valence-electron chi connectivity index (χ4n) is 2.48. The minimum atomic E-state index is -4.58. The Bertz CT molecular complexity index is 983. The monoisotopic (exact) mass is 432 g/mol. The fraction of sp³-hybridized carbons (Fsp3) is 0.238. The van der Waals surface area contributed by atoms with E-state index in [4.69, 9.17) is 10.1 Å². The summed E-state index contributed by atoms with van der Waals surface area (Å²) in [5.41, 5.74) is 0.617. The third kappa shape index (κ3) is 7.47. The van der Waals surface area contributed by atoms with Crippen LogP contribution in [0.5, 0.6) is 0 Å². The van der Waals surface area contributed by atoms with Crippen molar-refractivity contribution in [1.82, 2.24) is 0 Å². The molecule has 0 radical (unpaired) electrons. The van der Waals surface area contributed by atoms with Crippen LogP contribution < -0.4 is 10.2 Å². The number of rotatable bonds is 8. The number of aryl methyl sites for hydroxylation is 1. The van der Waals surface area contributed by atoms with E-state index in [1.54, 1.807) is 12.1 Å². The van der Waals surface area contributed by atoms with Crippen molar-refractivity contribution in [3.63, 3.8) is 0 Å². The van der Waals surface area contributed by atoms with Gasteiger partial charge in [-0.2, -0.15) is 18.4 Å². The predicted octanol–water partition coefficient (Wildman–Crippen LogP) is 3.90. The molecule has 0 aliphatic carbocycles. The van der Waals surface area contributed by atoms with Crippen LogP contribution in [0.3, 0.4) is 0 Å². The maximum absolute atomic E-state index is 12.9. The normalized spacial score (nSPS) is 11.1. The lowest BCUT2D eigenvalue weighted by Gasteiger charge is -2.22. The van der Waals surface area contributed by atoms with Crippen LogP contribution >= 0.6 is 0 Å². The van der Waals surface area contributed by atoms with Crippen LogP contribution in [-0.2, 0) is 20.6 Å². The van der Waals surface area contributed by atoms with Crippen LogP contribution in [0, 0.1) is 18.3 Å². The number of hydrogen-bond donors (Lipinski definition) is 1. The summed E-state index contributed by atoms with van der Waals surface area (Å²) < 4.78 is 38.8. The number of carbonyl (C=O) groups excluding carboxylic acids is 2. The van der Waals surface area contributed by atoms with E-state index in [1.807, 2.05) is 25.1 Å². The number of amides is 2. The lowest BCUT2D eigenvalue weighted by molar-refractivity contribution is -0.137. The topological polar surface area (TPSA) is 94.8 Å². The van der Waals surface area contributed by atoms with Crippen molar-refractivity contribution in [2.45, 2.75) is 19.5 Å². The maximum Gasteiger partial charge on any atom is 0.416 e. The van der Waals surface area contributed by atoms with Crippen LogP contribution in [0.25, 0.3) is 0 Å². The van der Waals surface area contributed by atoms with Crippen molar-refractivity contribution in [3.05, 3.63) is 59.7 Å². The van der Waals surface area contributed by atoms with Crippen LogP contribution in [0.2, 0.25) is 0 Å². The quantitative estimate of drug-likeness (QED) is 0.506. The average Bonchev–Trinajstić information content (AvgIpc) is 2.73. The van der Waals surface area contributed by atoms with Gasteiger partial charge in [0.05, 0.1) is 18.1 Å². The first-order valence-corrected chi connectivity index (χ1v) is 9.08. The summed E-state index contributed by atoms with van der Waals surface area (Å²) in [6, 6.07) is 13.0. The summed E-state index contributed by atoms with van der Waals surface area (Å²) in [7, 11) is 0. The molecule has 162 valence electrons. The highest BCUT2D eigenvalue weighted by molar-refractivity contribution is 6.31. The summed E-state index contributed by atoms with van der Waals surface area (Å²) in [4.78, 5) is 30.0. The molecule has 2 aromatic rings. The maximum atomic E-state index is 12.9. The third-order valence-electron chi connectivity index (χ3n) is 3.99. The van der Waals surface area contributed by atoms with Gasteiger partial charge >= 0.3 is 6.18 Å². The molecule has 2 aromatic carbocycles. The highest BCUT2D eigenvalue weighted by Crippen LogP contribution is 2.31. The SMILES string of the molecule is Cc1ccc(NC(=O)C=NOCC(=O)N(CCC#N)c2cccc(C(F)(F)F)c2)cc1. The lowest BCUT2D eigenvalue weighted by Crippen LogP contribution is -2.34. The van der Waals surface area contributed by atoms with Crippen molar-refractivity contribution in [1.29, 1.82) is 5.26 Å². The predicted molar refractivity (Wildman–Crippen MR) is 108 cm³/mol. The van der Waals surface area contributed by atoms with Gasteiger partial charge < -0.3 is 15.1 Å². The Morgan fingerprint density at radius 3 is 2.58 bits per heavy atom. The molecule has 0 fully saturated rings. The van der Waals surface area contributed by atoms with E-state index in [9.17, 15) is 22.8 Å². The number of hydrogen-bond acceptors (Lipinski definition) is 5. The Labute approximate surface area is 176 Å². The molecule has 0 aromatic heterocycles. The fourth-order valence-corrected chi connectivity index (χ4v) is 2.48. The molecule has 0 saturated heterocycles. The van der Waals surface area contributed by atoms with E-state index >= 15 is 0 Å². The minimum Gasteiger partial charge on any atom is -0.385 e. The van der Waals surface area contributed by atoms with E-state index < -0.39 is 30.2 Å². The molecular weight excluding hydrogens is 413 g/mol. The van der Waals surface area contributed by atoms with Crippen LogP contribution in [0.4, 0.5) is 24.5 Å². The van der Waals surface area contributed by atoms with Gasteiger partial charge in [0.15, 0.2) is 6.61 Å². The molecule has 0 spiro atoms. The minimum absolute atomic E-state index is 0.0280. The first-order valence-electron chi connectivity index (χ1n) is 9.08. The third-order valence-corrected chi connectivity index (χ3v) is 3.99. The molecule has 10 heteroatoms. The van der Waals surface area contributed by atoms with Crippen LogP contribution in [0.1, 0.15) is 17.5 Å². The van der Waals surface area contributed by atoms with Gasteiger partial charge in [-0.3, -0.25) is 9.59 Å². The molecule has 0 aliphatic rings. The molecule has 0 aliphatic heterocycles. The van der Waals surface area contributed by atoms with E-state index in [1.165, 1.54) is 12.1 Å². The summed E-state index contributed by atoms with van der Waals surface area (Å²) in [5.74, 6) is -1.30. The Hall–Kier alpha value is -3.87. The number of carbonyl (C=O) groups is 2. The highest BCUT2D eigenvalue weighted by atomic mass is 19.4. The lowest BCUT2D eigenvalue weighted by atomic mass is 10.1. The first-order chi connectivity index (χ1) is 14.7. The molecule has 2 amide bonds. The number of nitrogens with zero attached hydrogens (tertiary/aromatic N) is 3. The number of halogens is 3. The smallest absolute Gasteiger partial charge is 0.385 e. The van der Waals surface area contributed by atoms with Gasteiger partial charge in [-0.1, -0.05) is 28.9 Å². The molecular formula is C21H19F3N4O3. The van der Waals surface area contributed by atoms with Gasteiger partial charge in [-0.15, -0.1) is 0 Å². The van der Waals surface area contributed by atoms with Crippen molar-refractivity contribution in [2.24, 2.45) is 5.16 Å². The van der Waals surface area contributed by atoms with Crippen molar-refractivity contribution >= 4 is 29.4 Å². The molecule has 2 rings (SSSR count). The van der Waals surface area contributed by atoms with Gasteiger partial charge in [0.2, 0.25) is 0 Å². The van der Waals surface area contributed by atoms with Gasteiger partial charge in [0.25, 0.3) is 11.8 Å². The van der Waals surface area contributed by atoms with E-state index in [-0.39, 0.29) is 18.7 Å². The number of oxime groups is 1. The summed E-state index contributed by atoms with van der Waals surface area (Å²) in [6.07, 6.45) is -3.84. The molecule has 1 N–H and O–H groups in total. The molecule has 31 heavy (non-hydrogen) atoms. The number of nitrogens with one attached hydrogen (secondary N) is 1. The highest BCUT2D eigenvalue weighted by Gasteiger charge is 2.31. The summed E-state index contributed by atoms with van der Waals surface area (Å²) in [5, 5.41) is 14.7. The Morgan fingerprint density at radius 2 is 1.94 bits per heavy atom. The number of anilines is 2. The van der Waals surface area contributed by atoms with Crippen LogP contribution in [0.15, 0.2) is 53.7 Å². The Balaban J connectivity index is 1.98.